The minimum absolute atomic E-state index is 0. The van der Waals surface area contributed by atoms with E-state index in [2.05, 4.69) is 85.7 Å². The standard InChI is InChI=1S/C27H34O8.C27H34O7.C26H32O9.C26H30O8.Ac.I2/c1-14(15-7-9-32-12-15)24(4)8-6-16-25(5,27(24)21(35-27)22(30)31)18(28)10-17-23(2,3)34-19-11-20(29)33-13-26(16,17)19;1-23(2)12-15(28)10-18(29)25(4)16-6-8-24(3)20(14-7-9-32-13-14)33-22(31)21-27(24,34-21)26(16,5)19(30)11-17(23)25;1-22(2)15-9-16(27)24(4)14(25(15)12-33-18(28)10-17(25)34-22)5-7-23(3,19(29)13-6-8-32-11-13)26(24)20(35-26)21(30)31;1-22(2)15-9-16(27)24(4)14(25(15)12-31-18(28)10-17(25)33-22)5-7-23(3)19(13-6-8-30-11-13)32-21(29)20-26(23,24)34-20;;1-2/h7,9,12,14,16-17,19,21H,6,8,10-11,13H2,1-5H3,(H,30,31);7,9,13,16-18,20-21,29H,6,8,10-12H2,1-5H3;6,8,11,14-15,17,19-20,29H,5,7,9-10,12H2,1-4H3,(H,30,31);6,8,11,14-15,17,19-20H,5,7,9-10,12H2,1-4H3;;/p-1. The quantitative estimate of drug-likeness (QED) is 0.0638. The van der Waals surface area contributed by atoms with Crippen molar-refractivity contribution >= 4 is 108 Å². The summed E-state index contributed by atoms with van der Waals surface area (Å²) in [6, 6.07) is 7.15. The van der Waals surface area contributed by atoms with E-state index >= 15 is 0 Å². The van der Waals surface area contributed by atoms with Gasteiger partial charge in [0.1, 0.15) is 89.5 Å². The smallest absolute Gasteiger partial charge is 0.339 e. The molecule has 0 amide bonds. The van der Waals surface area contributed by atoms with Gasteiger partial charge in [-0.05, 0) is 191 Å². The zero-order valence-electron chi connectivity index (χ0n) is 83.1. The summed E-state index contributed by atoms with van der Waals surface area (Å²) in [6.45, 7) is 36.4. The zero-order chi connectivity index (χ0) is 101. The van der Waals surface area contributed by atoms with E-state index in [1.807, 2.05) is 74.4 Å². The molecule has 4 aromatic heterocycles. The monoisotopic (exact) mass is 2390 g/mol. The molecule has 25 rings (SSSR count). The van der Waals surface area contributed by atoms with Crippen molar-refractivity contribution in [1.29, 1.82) is 0 Å². The Hall–Kier alpha value is -5.70. The van der Waals surface area contributed by atoms with Gasteiger partial charge in [-0.25, -0.2) is 14.4 Å². The number of hydrogen-bond donors (Lipinski definition) is 3. The molecular weight excluding hydrogens is 2270 g/mol. The van der Waals surface area contributed by atoms with Crippen LogP contribution >= 0.6 is 37.2 Å². The number of epoxide rings is 4. The number of carbonyl (C=O) groups excluding carboxylic acids is 11. The Balaban J connectivity index is 0.000000114. The van der Waals surface area contributed by atoms with Gasteiger partial charge in [-0.15, -0.1) is 0 Å². The molecule has 7 spiro atoms. The second-order valence-corrected chi connectivity index (χ2v) is 49.5. The molecule has 3 N–H and O–H groups in total. The van der Waals surface area contributed by atoms with Crippen LogP contribution in [0.3, 0.4) is 0 Å². The molecule has 12 saturated heterocycles. The second kappa shape index (κ2) is 32.7. The number of aliphatic hydroxyl groups is 2. The van der Waals surface area contributed by atoms with Crippen molar-refractivity contribution < 1.29 is 197 Å². The van der Waals surface area contributed by atoms with E-state index < -0.39 is 188 Å². The van der Waals surface area contributed by atoms with Crippen LogP contribution in [0.5, 0.6) is 0 Å². The van der Waals surface area contributed by atoms with Gasteiger partial charge in [0.15, 0.2) is 18.3 Å². The summed E-state index contributed by atoms with van der Waals surface area (Å²) < 4.78 is 94.6. The van der Waals surface area contributed by atoms with Crippen LogP contribution in [0.4, 0.5) is 0 Å². The van der Waals surface area contributed by atoms with Crippen molar-refractivity contribution in [2.75, 3.05) is 19.8 Å². The number of rotatable bonds is 8. The molecule has 21 fully saturated rings. The summed E-state index contributed by atoms with van der Waals surface area (Å²) in [4.78, 5) is 158. The summed E-state index contributed by atoms with van der Waals surface area (Å²) >= 11 is 4.24. The number of cyclic esters (lactones) is 5. The zero-order valence-corrected chi connectivity index (χ0v) is 92.2. The van der Waals surface area contributed by atoms with Crippen molar-refractivity contribution in [3.8, 4) is 0 Å². The Bertz CT molecular complexity index is 5680. The van der Waals surface area contributed by atoms with Gasteiger partial charge >= 0.3 is 35.8 Å². The molecule has 36 unspecified atom stereocenters. The van der Waals surface area contributed by atoms with Gasteiger partial charge in [0.2, 0.25) is 0 Å². The molecule has 763 valence electrons. The van der Waals surface area contributed by atoms with Crippen molar-refractivity contribution in [2.45, 2.75) is 346 Å². The fourth-order valence-corrected chi connectivity index (χ4v) is 37.0. The van der Waals surface area contributed by atoms with Gasteiger partial charge in [0, 0.05) is 198 Å². The molecule has 0 aromatic carbocycles. The number of fused-ring (bicyclic) bond motifs is 8. The average molecular weight is 2400 g/mol. The number of aliphatic hydroxyl groups excluding tert-OH is 2. The molecule has 36 atom stereocenters. The number of ketones is 5. The molecule has 4 aromatic rings. The normalized spacial score (nSPS) is 49.1. The van der Waals surface area contributed by atoms with Crippen LogP contribution in [0, 0.1) is 162 Å². The number of aliphatic carboxylic acids is 2. The first-order valence-corrected chi connectivity index (χ1v) is 56.2. The molecule has 12 aliphatic heterocycles. The SMILES string of the molecule is CC(c1ccoc1)C1(C)CCC2C34COC(=O)CC3OC(C)(C)C4CC(=O)C2(C)C12OC2C(=O)O.CC1(C)CC(=O)CC(O)C2(C)C1CC(=O)C1(C)C2CCC2(C)C(c3ccoc3)OC(=O)C3OC321.CC1(C)OC2CC(=O)OCC23C1CC(=O)C1(C)C3CCC(C)(C(O)c2ccoc2)C12OC2C(=O)[O-].CC1(C)OC2CC(=O)OCC23C1CC(=O)C1(C)C3CCC2(C)C(c3ccoc3)OC(=O)C3OC321.II.[Ac]. The number of hydrogen-bond acceptors (Lipinski definition) is 31. The number of ether oxygens (including phenoxy) is 12. The summed E-state index contributed by atoms with van der Waals surface area (Å²) in [5.41, 5.74) is -13.4. The van der Waals surface area contributed by atoms with E-state index in [9.17, 15) is 78.0 Å². The van der Waals surface area contributed by atoms with E-state index in [1.54, 1.807) is 63.6 Å². The van der Waals surface area contributed by atoms with Gasteiger partial charge in [-0.2, -0.15) is 0 Å². The third kappa shape index (κ3) is 12.6. The van der Waals surface area contributed by atoms with E-state index in [-0.39, 0.29) is 221 Å². The predicted molar refractivity (Wildman–Crippen MR) is 498 cm³/mol. The first-order valence-electron chi connectivity index (χ1n) is 49.9. The van der Waals surface area contributed by atoms with Gasteiger partial charge in [-0.3, -0.25) is 38.4 Å². The third-order valence-corrected chi connectivity index (χ3v) is 43.3. The van der Waals surface area contributed by atoms with Crippen LogP contribution in [0.2, 0.25) is 0 Å². The summed E-state index contributed by atoms with van der Waals surface area (Å²) in [7, 11) is 0. The maximum Gasteiger partial charge on any atom is 0.339 e. The second-order valence-electron chi connectivity index (χ2n) is 49.5. The summed E-state index contributed by atoms with van der Waals surface area (Å²) in [6.07, 6.45) is 11.2. The van der Waals surface area contributed by atoms with Gasteiger partial charge in [0.05, 0.1) is 144 Å². The predicted octanol–water partition coefficient (Wildman–Crippen LogP) is 13.7. The maximum atomic E-state index is 14.3. The number of Topliss-reactive ketones (excluding diaryl/α,β-unsaturated/α-hetero) is 5. The number of halogens is 2. The molecule has 16 heterocycles. The summed E-state index contributed by atoms with van der Waals surface area (Å²) in [5.74, 6) is -5.61. The van der Waals surface area contributed by atoms with Crippen LogP contribution in [-0.2, 0) is 114 Å². The maximum absolute atomic E-state index is 14.3. The number of carbonyl (C=O) groups is 12. The number of furan rings is 4. The topological polar surface area (TPSA) is 465 Å². The van der Waals surface area contributed by atoms with E-state index in [0.29, 0.717) is 63.4 Å². The van der Waals surface area contributed by atoms with Gasteiger partial charge < -0.3 is 99.7 Å². The van der Waals surface area contributed by atoms with E-state index in [4.69, 9.17) is 74.5 Å². The average Bonchev–Trinajstić information content (AvgIpc) is 1.46. The third-order valence-electron chi connectivity index (χ3n) is 43.3. The Morgan fingerprint density at radius 2 is 0.766 bits per heavy atom. The first-order chi connectivity index (χ1) is 65.6. The Kier molecular flexibility index (Phi) is 23.7. The molecule has 0 bridgehead atoms. The van der Waals surface area contributed by atoms with Gasteiger partial charge in [-0.1, -0.05) is 55.4 Å². The largest absolute Gasteiger partial charge is 0.547 e. The van der Waals surface area contributed by atoms with Crippen LogP contribution in [0.25, 0.3) is 0 Å². The summed E-state index contributed by atoms with van der Waals surface area (Å²) in [5, 5.41) is 45.5. The minimum Gasteiger partial charge on any atom is -0.547 e. The van der Waals surface area contributed by atoms with Crippen LogP contribution < -0.4 is 5.11 Å². The van der Waals surface area contributed by atoms with E-state index in [1.165, 1.54) is 12.5 Å². The fraction of sp³-hybridized carbons (Fsp3) is 0.736. The molecule has 21 aliphatic rings. The molecule has 9 aliphatic carbocycles. The molecule has 141 heavy (non-hydrogen) atoms. The first kappa shape index (κ1) is 103. The molecular formula is C106H129AcI2O32-. The van der Waals surface area contributed by atoms with Crippen molar-refractivity contribution in [1.82, 2.24) is 0 Å². The molecule has 1 radical (unpaired) electrons. The molecule has 35 heteroatoms. The van der Waals surface area contributed by atoms with Crippen molar-refractivity contribution in [2.24, 2.45) is 118 Å². The molecule has 9 saturated carbocycles. The van der Waals surface area contributed by atoms with E-state index in [0.717, 1.165) is 23.1 Å². The van der Waals surface area contributed by atoms with Crippen LogP contribution in [-0.4, -0.2) is 194 Å². The Labute approximate surface area is 877 Å². The molecule has 32 nitrogen and oxygen atoms in total. The minimum atomic E-state index is -1.49. The Morgan fingerprint density at radius 3 is 1.14 bits per heavy atom. The van der Waals surface area contributed by atoms with Crippen LogP contribution in [0.1, 0.15) is 280 Å². The number of carboxylic acid groups (broad SMARTS) is 2. The van der Waals surface area contributed by atoms with Crippen LogP contribution in [0.15, 0.2) is 92.0 Å². The number of esters is 5. The Morgan fingerprint density at radius 1 is 0.411 bits per heavy atom. The number of carboxylic acids is 2. The van der Waals surface area contributed by atoms with Crippen molar-refractivity contribution in [3.63, 3.8) is 0 Å². The fourth-order valence-electron chi connectivity index (χ4n) is 37.0. The van der Waals surface area contributed by atoms with Crippen molar-refractivity contribution in [3.05, 3.63) is 96.6 Å². The van der Waals surface area contributed by atoms with Gasteiger partial charge in [0.25, 0.3) is 0 Å².